The fraction of sp³-hybridized carbons (Fsp3) is 0.667. The van der Waals surface area contributed by atoms with E-state index in [1.165, 1.54) is 31.5 Å². The van der Waals surface area contributed by atoms with Gasteiger partial charge >= 0.3 is 0 Å². The van der Waals surface area contributed by atoms with Crippen molar-refractivity contribution < 1.29 is 5.11 Å². The number of piperidine rings is 1. The Bertz CT molecular complexity index is 435. The maximum atomic E-state index is 9.64. The summed E-state index contributed by atoms with van der Waals surface area (Å²) in [4.78, 5) is 2.63. The van der Waals surface area contributed by atoms with Crippen LogP contribution in [0.1, 0.15) is 45.1 Å². The number of hydrogen-bond donors (Lipinski definition) is 2. The fourth-order valence-corrected chi connectivity index (χ4v) is 3.52. The Balaban J connectivity index is 0.000000497. The standard InChI is InChI=1S/C15H22N2O.C3H8/c1-11-10-17-6-5-16-9-13(17)8-15(11)12-3-2-4-14(18)7-12;1-3-2/h2-4,7,11,13,15-16,18H,5-6,8-10H2,1H3;3H2,1-2H3/t11-,13+,15+;/m0./s1. The quantitative estimate of drug-likeness (QED) is 0.833. The van der Waals surface area contributed by atoms with Crippen molar-refractivity contribution >= 4 is 0 Å². The number of fused-ring (bicyclic) bond motifs is 1. The van der Waals surface area contributed by atoms with Crippen LogP contribution in [0.3, 0.4) is 0 Å². The highest BCUT2D eigenvalue weighted by atomic mass is 16.3. The SMILES string of the molecule is CCC.C[C@H]1CN2CCNC[C@H]2C[C@H]1c1cccc(O)c1. The van der Waals surface area contributed by atoms with E-state index >= 15 is 0 Å². The molecule has 2 N–H and O–H groups in total. The topological polar surface area (TPSA) is 35.5 Å². The van der Waals surface area contributed by atoms with E-state index in [-0.39, 0.29) is 0 Å². The highest BCUT2D eigenvalue weighted by Crippen LogP contribution is 2.37. The van der Waals surface area contributed by atoms with Crippen molar-refractivity contribution in [2.75, 3.05) is 26.2 Å². The summed E-state index contributed by atoms with van der Waals surface area (Å²) in [6.45, 7) is 11.2. The molecule has 0 unspecified atom stereocenters. The molecule has 1 aromatic rings. The largest absolute Gasteiger partial charge is 0.508 e. The molecule has 0 aliphatic carbocycles. The van der Waals surface area contributed by atoms with Crippen LogP contribution in [-0.4, -0.2) is 42.2 Å². The van der Waals surface area contributed by atoms with E-state index in [9.17, 15) is 5.11 Å². The molecule has 0 amide bonds. The molecule has 2 saturated heterocycles. The molecule has 3 nitrogen and oxygen atoms in total. The normalized spacial score (nSPS) is 29.2. The molecule has 2 heterocycles. The van der Waals surface area contributed by atoms with Crippen molar-refractivity contribution in [1.29, 1.82) is 0 Å². The number of piperazine rings is 1. The first-order valence-corrected chi connectivity index (χ1v) is 8.39. The lowest BCUT2D eigenvalue weighted by molar-refractivity contribution is 0.0763. The average molecular weight is 290 g/mol. The van der Waals surface area contributed by atoms with Gasteiger partial charge in [-0.05, 0) is 36.0 Å². The van der Waals surface area contributed by atoms with E-state index in [2.05, 4.69) is 37.1 Å². The zero-order valence-electron chi connectivity index (χ0n) is 13.7. The molecular formula is C18H30N2O. The monoisotopic (exact) mass is 290 g/mol. The summed E-state index contributed by atoms with van der Waals surface area (Å²) < 4.78 is 0. The number of phenolic OH excluding ortho intramolecular Hbond substituents is 1. The van der Waals surface area contributed by atoms with Crippen LogP contribution >= 0.6 is 0 Å². The summed E-state index contributed by atoms with van der Waals surface area (Å²) in [6.07, 6.45) is 2.46. The van der Waals surface area contributed by atoms with Crippen LogP contribution in [0, 0.1) is 5.92 Å². The number of hydrogen-bond acceptors (Lipinski definition) is 3. The Labute approximate surface area is 129 Å². The molecule has 2 fully saturated rings. The minimum atomic E-state index is 0.392. The predicted octanol–water partition coefficient (Wildman–Crippen LogP) is 3.21. The second kappa shape index (κ2) is 7.81. The van der Waals surface area contributed by atoms with Gasteiger partial charge in [-0.15, -0.1) is 0 Å². The van der Waals surface area contributed by atoms with Crippen LogP contribution in [0.15, 0.2) is 24.3 Å². The van der Waals surface area contributed by atoms with Crippen LogP contribution in [0.25, 0.3) is 0 Å². The van der Waals surface area contributed by atoms with Crippen molar-refractivity contribution in [2.45, 2.75) is 45.6 Å². The molecule has 2 aliphatic rings. The molecule has 118 valence electrons. The minimum absolute atomic E-state index is 0.392. The van der Waals surface area contributed by atoms with Gasteiger partial charge in [0.1, 0.15) is 5.75 Å². The number of nitrogens with zero attached hydrogens (tertiary/aromatic N) is 1. The first kappa shape index (κ1) is 16.3. The molecule has 0 spiro atoms. The summed E-state index contributed by atoms with van der Waals surface area (Å²) in [5.41, 5.74) is 1.30. The highest BCUT2D eigenvalue weighted by molar-refractivity contribution is 5.30. The zero-order valence-corrected chi connectivity index (χ0v) is 13.7. The fourth-order valence-electron chi connectivity index (χ4n) is 3.52. The molecule has 1 aromatic carbocycles. The first-order valence-electron chi connectivity index (χ1n) is 8.39. The summed E-state index contributed by atoms with van der Waals surface area (Å²) in [5.74, 6) is 1.64. The Kier molecular flexibility index (Phi) is 6.07. The van der Waals surface area contributed by atoms with Gasteiger partial charge in [0.05, 0.1) is 0 Å². The van der Waals surface area contributed by atoms with Crippen molar-refractivity contribution in [3.8, 4) is 5.75 Å². The van der Waals surface area contributed by atoms with Gasteiger partial charge in [0.25, 0.3) is 0 Å². The lowest BCUT2D eigenvalue weighted by Crippen LogP contribution is -2.56. The first-order chi connectivity index (χ1) is 10.2. The van der Waals surface area contributed by atoms with Gasteiger partial charge in [0.2, 0.25) is 0 Å². The number of nitrogens with one attached hydrogen (secondary N) is 1. The third-order valence-electron chi connectivity index (χ3n) is 4.51. The van der Waals surface area contributed by atoms with E-state index in [0.29, 0.717) is 23.6 Å². The maximum absolute atomic E-state index is 9.64. The average Bonchev–Trinajstić information content (AvgIpc) is 2.47. The highest BCUT2D eigenvalue weighted by Gasteiger charge is 2.35. The van der Waals surface area contributed by atoms with Crippen LogP contribution in [0.4, 0.5) is 0 Å². The van der Waals surface area contributed by atoms with E-state index in [0.717, 1.165) is 13.1 Å². The Morgan fingerprint density at radius 1 is 1.33 bits per heavy atom. The third-order valence-corrected chi connectivity index (χ3v) is 4.51. The third kappa shape index (κ3) is 4.21. The van der Waals surface area contributed by atoms with Crippen LogP contribution in [0.5, 0.6) is 5.75 Å². The van der Waals surface area contributed by atoms with Gasteiger partial charge in [-0.2, -0.15) is 0 Å². The smallest absolute Gasteiger partial charge is 0.115 e. The molecule has 0 bridgehead atoms. The van der Waals surface area contributed by atoms with Gasteiger partial charge in [-0.3, -0.25) is 4.90 Å². The van der Waals surface area contributed by atoms with E-state index in [1.54, 1.807) is 6.07 Å². The van der Waals surface area contributed by atoms with Crippen molar-refractivity contribution in [2.24, 2.45) is 5.92 Å². The maximum Gasteiger partial charge on any atom is 0.115 e. The number of aromatic hydroxyl groups is 1. The second-order valence-electron chi connectivity index (χ2n) is 6.47. The Morgan fingerprint density at radius 2 is 2.10 bits per heavy atom. The summed E-state index contributed by atoms with van der Waals surface area (Å²) in [5, 5.41) is 13.1. The van der Waals surface area contributed by atoms with Crippen LogP contribution < -0.4 is 5.32 Å². The summed E-state index contributed by atoms with van der Waals surface area (Å²) in [7, 11) is 0. The molecule has 2 aliphatic heterocycles. The zero-order chi connectivity index (χ0) is 15.2. The lowest BCUT2D eigenvalue weighted by Gasteiger charge is -2.46. The summed E-state index contributed by atoms with van der Waals surface area (Å²) >= 11 is 0. The van der Waals surface area contributed by atoms with Gasteiger partial charge in [-0.25, -0.2) is 0 Å². The Morgan fingerprint density at radius 3 is 2.81 bits per heavy atom. The van der Waals surface area contributed by atoms with E-state index in [4.69, 9.17) is 0 Å². The minimum Gasteiger partial charge on any atom is -0.508 e. The molecular weight excluding hydrogens is 260 g/mol. The van der Waals surface area contributed by atoms with E-state index in [1.807, 2.05) is 12.1 Å². The Hall–Kier alpha value is -1.06. The number of benzene rings is 1. The van der Waals surface area contributed by atoms with Gasteiger partial charge < -0.3 is 10.4 Å². The van der Waals surface area contributed by atoms with Gasteiger partial charge in [0.15, 0.2) is 0 Å². The van der Waals surface area contributed by atoms with Crippen molar-refractivity contribution in [1.82, 2.24) is 10.2 Å². The predicted molar refractivity (Wildman–Crippen MR) is 88.8 cm³/mol. The molecule has 0 radical (unpaired) electrons. The molecule has 3 heteroatoms. The summed E-state index contributed by atoms with van der Waals surface area (Å²) in [6, 6.07) is 8.48. The molecule has 0 saturated carbocycles. The van der Waals surface area contributed by atoms with E-state index < -0.39 is 0 Å². The molecule has 21 heavy (non-hydrogen) atoms. The molecule has 0 aromatic heterocycles. The van der Waals surface area contributed by atoms with Crippen molar-refractivity contribution in [3.05, 3.63) is 29.8 Å². The number of phenols is 1. The second-order valence-corrected chi connectivity index (χ2v) is 6.47. The lowest BCUT2D eigenvalue weighted by atomic mass is 9.78. The van der Waals surface area contributed by atoms with Crippen molar-refractivity contribution in [3.63, 3.8) is 0 Å². The van der Waals surface area contributed by atoms with Crippen LogP contribution in [0.2, 0.25) is 0 Å². The molecule has 3 atom stereocenters. The van der Waals surface area contributed by atoms with Crippen LogP contribution in [-0.2, 0) is 0 Å². The van der Waals surface area contributed by atoms with Gasteiger partial charge in [-0.1, -0.05) is 39.3 Å². The molecule has 3 rings (SSSR count). The number of rotatable bonds is 1. The van der Waals surface area contributed by atoms with Gasteiger partial charge in [0, 0.05) is 32.2 Å².